The molecule has 0 nitrogen and oxygen atoms in total. The summed E-state index contributed by atoms with van der Waals surface area (Å²) in [5.41, 5.74) is 0. The first-order chi connectivity index (χ1) is 3.89. The van der Waals surface area contributed by atoms with E-state index in [9.17, 15) is 0 Å². The van der Waals surface area contributed by atoms with Gasteiger partial charge in [0.2, 0.25) is 0 Å². The SMILES string of the molecule is CC.Cc1cc[c-]s1.[Rb+]. The first-order valence-electron chi connectivity index (χ1n) is 2.82. The molecule has 0 unspecified atom stereocenters. The first kappa shape index (κ1) is 13.1. The molecule has 0 aliphatic rings. The van der Waals surface area contributed by atoms with Crippen molar-refractivity contribution in [2.75, 3.05) is 0 Å². The van der Waals surface area contributed by atoms with Gasteiger partial charge in [0, 0.05) is 0 Å². The van der Waals surface area contributed by atoms with E-state index in [2.05, 4.69) is 12.3 Å². The summed E-state index contributed by atoms with van der Waals surface area (Å²) in [6.07, 6.45) is 0. The molecule has 1 aromatic heterocycles. The van der Waals surface area contributed by atoms with E-state index in [1.54, 1.807) is 11.3 Å². The number of thiophene rings is 1. The van der Waals surface area contributed by atoms with Crippen LogP contribution >= 0.6 is 11.3 Å². The van der Waals surface area contributed by atoms with Gasteiger partial charge in [0.05, 0.1) is 0 Å². The van der Waals surface area contributed by atoms with Crippen LogP contribution in [0.5, 0.6) is 0 Å². The van der Waals surface area contributed by atoms with Crippen LogP contribution in [0.2, 0.25) is 0 Å². The average Bonchev–Trinajstić information content (AvgIpc) is 2.24. The molecule has 0 N–H and O–H groups in total. The molecule has 0 aromatic carbocycles. The van der Waals surface area contributed by atoms with Crippen molar-refractivity contribution >= 4 is 11.3 Å². The van der Waals surface area contributed by atoms with E-state index >= 15 is 0 Å². The monoisotopic (exact) mass is 212 g/mol. The van der Waals surface area contributed by atoms with E-state index in [1.165, 1.54) is 4.88 Å². The van der Waals surface area contributed by atoms with Crippen LogP contribution in [0.1, 0.15) is 18.7 Å². The van der Waals surface area contributed by atoms with E-state index in [0.29, 0.717) is 0 Å². The Morgan fingerprint density at radius 1 is 1.44 bits per heavy atom. The fraction of sp³-hybridized carbons (Fsp3) is 0.429. The summed E-state index contributed by atoms with van der Waals surface area (Å²) in [6, 6.07) is 3.98. The molecular weight excluding hydrogens is 202 g/mol. The minimum Gasteiger partial charge on any atom is -0.301 e. The third-order valence-electron chi connectivity index (χ3n) is 0.606. The average molecular weight is 213 g/mol. The third-order valence-corrected chi connectivity index (χ3v) is 1.32. The molecule has 0 atom stereocenters. The Bertz CT molecular complexity index is 112. The number of rotatable bonds is 0. The minimum absolute atomic E-state index is 0. The second-order valence-corrected chi connectivity index (χ2v) is 2.25. The van der Waals surface area contributed by atoms with Gasteiger partial charge in [-0.15, -0.1) is 5.38 Å². The Morgan fingerprint density at radius 3 is 2.11 bits per heavy atom. The van der Waals surface area contributed by atoms with Crippen molar-refractivity contribution in [3.8, 4) is 0 Å². The Kier molecular flexibility index (Phi) is 13.9. The van der Waals surface area contributed by atoms with Gasteiger partial charge in [0.25, 0.3) is 0 Å². The van der Waals surface area contributed by atoms with E-state index in [1.807, 2.05) is 26.0 Å². The Labute approximate surface area is 110 Å². The predicted octanol–water partition coefficient (Wildman–Crippen LogP) is -0.113. The summed E-state index contributed by atoms with van der Waals surface area (Å²) in [7, 11) is 0. The van der Waals surface area contributed by atoms with Gasteiger partial charge in [0.1, 0.15) is 0 Å². The maximum absolute atomic E-state index is 2.97. The molecule has 2 heteroatoms. The molecule has 0 fully saturated rings. The van der Waals surface area contributed by atoms with Crippen LogP contribution in [0.15, 0.2) is 12.1 Å². The molecule has 9 heavy (non-hydrogen) atoms. The van der Waals surface area contributed by atoms with Crippen LogP contribution < -0.4 is 58.2 Å². The molecule has 1 heterocycles. The topological polar surface area (TPSA) is 0 Å². The zero-order chi connectivity index (χ0) is 6.41. The smallest absolute Gasteiger partial charge is 0.301 e. The molecule has 0 spiro atoms. The zero-order valence-corrected chi connectivity index (χ0v) is 12.3. The third kappa shape index (κ3) is 7.40. The zero-order valence-electron chi connectivity index (χ0n) is 6.56. The first-order valence-corrected chi connectivity index (χ1v) is 3.64. The molecular formula is C7H11RbS. The van der Waals surface area contributed by atoms with Crippen LogP contribution in [-0.4, -0.2) is 0 Å². The van der Waals surface area contributed by atoms with Gasteiger partial charge in [-0.2, -0.15) is 10.9 Å². The molecule has 0 bridgehead atoms. The van der Waals surface area contributed by atoms with Gasteiger partial charge in [-0.05, 0) is 0 Å². The number of hydrogen-bond donors (Lipinski definition) is 0. The van der Waals surface area contributed by atoms with E-state index in [-0.39, 0.29) is 58.2 Å². The predicted molar refractivity (Wildman–Crippen MR) is 39.2 cm³/mol. The number of aryl methyl sites for hydroxylation is 1. The second-order valence-electron chi connectivity index (χ2n) is 1.16. The molecule has 0 saturated heterocycles. The number of hydrogen-bond acceptors (Lipinski definition) is 1. The van der Waals surface area contributed by atoms with Gasteiger partial charge in [-0.25, -0.2) is 6.07 Å². The Balaban J connectivity index is 0. The molecule has 0 aliphatic heterocycles. The molecule has 0 aliphatic carbocycles. The summed E-state index contributed by atoms with van der Waals surface area (Å²) in [6.45, 7) is 6.07. The molecule has 1 aromatic rings. The minimum atomic E-state index is 0. The second kappa shape index (κ2) is 9.51. The van der Waals surface area contributed by atoms with Crippen LogP contribution in [0.4, 0.5) is 0 Å². The molecule has 46 valence electrons. The van der Waals surface area contributed by atoms with E-state index in [0.717, 1.165) is 0 Å². The standard InChI is InChI=1S/C5H5S.C2H6.Rb/c1-5-3-2-4-6-5;1-2;/h2-3H,1H3;1-2H3;/q-1;;+1. The van der Waals surface area contributed by atoms with Gasteiger partial charge < -0.3 is 11.3 Å². The van der Waals surface area contributed by atoms with Crippen LogP contribution in [0, 0.1) is 12.3 Å². The van der Waals surface area contributed by atoms with Crippen LogP contribution in [-0.2, 0) is 0 Å². The fourth-order valence-electron chi connectivity index (χ4n) is 0.312. The quantitative estimate of drug-likeness (QED) is 0.527. The van der Waals surface area contributed by atoms with Crippen molar-refractivity contribution in [2.45, 2.75) is 20.8 Å². The van der Waals surface area contributed by atoms with Gasteiger partial charge >= 0.3 is 58.2 Å². The fourth-order valence-corrected chi connectivity index (χ4v) is 0.770. The maximum Gasteiger partial charge on any atom is 1.00 e. The van der Waals surface area contributed by atoms with Crippen LogP contribution in [0.3, 0.4) is 0 Å². The van der Waals surface area contributed by atoms with Gasteiger partial charge in [-0.1, -0.05) is 20.8 Å². The van der Waals surface area contributed by atoms with Crippen molar-refractivity contribution in [2.24, 2.45) is 0 Å². The van der Waals surface area contributed by atoms with E-state index in [4.69, 9.17) is 0 Å². The van der Waals surface area contributed by atoms with Crippen LogP contribution in [0.25, 0.3) is 0 Å². The summed E-state index contributed by atoms with van der Waals surface area (Å²) < 4.78 is 0. The Hall–Kier alpha value is 1.51. The van der Waals surface area contributed by atoms with E-state index < -0.39 is 0 Å². The summed E-state index contributed by atoms with van der Waals surface area (Å²) in [4.78, 5) is 1.33. The largest absolute Gasteiger partial charge is 1.00 e. The summed E-state index contributed by atoms with van der Waals surface area (Å²) >= 11 is 1.65. The summed E-state index contributed by atoms with van der Waals surface area (Å²) in [5, 5.41) is 2.97. The van der Waals surface area contributed by atoms with Crippen molar-refractivity contribution in [3.63, 3.8) is 0 Å². The molecule has 1 rings (SSSR count). The van der Waals surface area contributed by atoms with Crippen molar-refractivity contribution in [1.82, 2.24) is 0 Å². The molecule has 0 amide bonds. The van der Waals surface area contributed by atoms with Crippen molar-refractivity contribution in [1.29, 1.82) is 0 Å². The maximum atomic E-state index is 2.97. The van der Waals surface area contributed by atoms with Crippen molar-refractivity contribution < 1.29 is 58.2 Å². The van der Waals surface area contributed by atoms with Gasteiger partial charge in [0.15, 0.2) is 0 Å². The molecule has 0 saturated carbocycles. The molecule has 0 radical (unpaired) electrons. The van der Waals surface area contributed by atoms with Crippen molar-refractivity contribution in [3.05, 3.63) is 22.4 Å². The normalized spacial score (nSPS) is 6.56. The van der Waals surface area contributed by atoms with Gasteiger partial charge in [-0.3, -0.25) is 0 Å². The summed E-state index contributed by atoms with van der Waals surface area (Å²) in [5.74, 6) is 0. The Morgan fingerprint density at radius 2 is 2.00 bits per heavy atom.